The van der Waals surface area contributed by atoms with Gasteiger partial charge >= 0.3 is 0 Å². The molecule has 1 rings (SSSR count). The number of rotatable bonds is 0. The van der Waals surface area contributed by atoms with E-state index < -0.39 is 5.56 Å². The van der Waals surface area contributed by atoms with Crippen molar-refractivity contribution in [2.45, 2.75) is 6.92 Å². The average Bonchev–Trinajstić information content (AvgIpc) is 1.85. The van der Waals surface area contributed by atoms with Gasteiger partial charge in [-0.2, -0.15) is 5.26 Å². The van der Waals surface area contributed by atoms with Crippen molar-refractivity contribution in [3.63, 3.8) is 0 Å². The second kappa shape index (κ2) is 4.31. The molecule has 1 aromatic heterocycles. The van der Waals surface area contributed by atoms with Gasteiger partial charge in [-0.25, -0.2) is 0 Å². The van der Waals surface area contributed by atoms with Gasteiger partial charge in [-0.05, 0) is 12.5 Å². The van der Waals surface area contributed by atoms with E-state index >= 15 is 0 Å². The van der Waals surface area contributed by atoms with Gasteiger partial charge in [-0.1, -0.05) is 0 Å². The van der Waals surface area contributed by atoms with E-state index in [2.05, 4.69) is 4.98 Å². The Kier molecular flexibility index (Phi) is 4.04. The summed E-state index contributed by atoms with van der Waals surface area (Å²) in [6.07, 6.45) is 0. The Labute approximate surface area is 91.1 Å². The Morgan fingerprint density at radius 2 is 2.25 bits per heavy atom. The molecule has 0 aliphatic rings. The molecule has 0 spiro atoms. The van der Waals surface area contributed by atoms with Crippen LogP contribution in [0.5, 0.6) is 5.88 Å². The first-order valence-electron chi connectivity index (χ1n) is 2.98. The van der Waals surface area contributed by atoms with Gasteiger partial charge in [0.05, 0.1) is 0 Å². The zero-order valence-electron chi connectivity index (χ0n) is 6.88. The van der Waals surface area contributed by atoms with Crippen molar-refractivity contribution in [2.75, 3.05) is 0 Å². The second-order valence-electron chi connectivity index (χ2n) is 2.15. The van der Waals surface area contributed by atoms with E-state index in [1.165, 1.54) is 6.07 Å². The number of aromatic nitrogens is 1. The number of nitriles is 1. The van der Waals surface area contributed by atoms with E-state index in [1.807, 2.05) is 0 Å². The summed E-state index contributed by atoms with van der Waals surface area (Å²) < 4.78 is 0. The van der Waals surface area contributed by atoms with Crippen LogP contribution < -0.4 is 5.56 Å². The Morgan fingerprint density at radius 3 is 2.67 bits per heavy atom. The smallest absolute Gasteiger partial charge is 0.251 e. The van der Waals surface area contributed by atoms with Gasteiger partial charge in [0.2, 0.25) is 5.88 Å². The van der Waals surface area contributed by atoms with Gasteiger partial charge in [-0.3, -0.25) is 9.78 Å². The number of nitrogens with one attached hydrogen (secondary N) is 1. The Hall–Kier alpha value is -0.760. The van der Waals surface area contributed by atoms with Crippen molar-refractivity contribution >= 4 is 29.6 Å². The summed E-state index contributed by atoms with van der Waals surface area (Å²) in [5.41, 5.74) is 0.192. The molecule has 1 heterocycles. The predicted octanol–water partition coefficient (Wildman–Crippen LogP) is -0.120. The fourth-order valence-corrected chi connectivity index (χ4v) is 0.812. The van der Waals surface area contributed by atoms with Gasteiger partial charge in [-0.15, -0.1) is 0 Å². The maximum absolute atomic E-state index is 10.7. The summed E-state index contributed by atoms with van der Waals surface area (Å²) >= 11 is 0. The zero-order chi connectivity index (χ0) is 8.43. The third-order valence-corrected chi connectivity index (χ3v) is 1.33. The predicted molar refractivity (Wildman–Crippen MR) is 43.9 cm³/mol. The molecule has 0 amide bonds. The minimum Gasteiger partial charge on any atom is -0.494 e. The topological polar surface area (TPSA) is 76.9 Å². The summed E-state index contributed by atoms with van der Waals surface area (Å²) in [5, 5.41) is 17.5. The Bertz CT molecular complexity index is 352. The molecule has 0 aromatic carbocycles. The van der Waals surface area contributed by atoms with Crippen LogP contribution in [0.3, 0.4) is 0 Å². The van der Waals surface area contributed by atoms with Gasteiger partial charge < -0.3 is 5.11 Å². The molecule has 0 bridgehead atoms. The van der Waals surface area contributed by atoms with Gasteiger partial charge in [0, 0.05) is 35.6 Å². The number of nitrogens with zero attached hydrogens (tertiary/aromatic N) is 1. The van der Waals surface area contributed by atoms with E-state index in [-0.39, 0.29) is 41.0 Å². The van der Waals surface area contributed by atoms with E-state index in [4.69, 9.17) is 10.4 Å². The molecule has 1 aromatic rings. The number of hydrogen-bond acceptors (Lipinski definition) is 3. The van der Waals surface area contributed by atoms with Crippen molar-refractivity contribution in [3.8, 4) is 11.9 Å². The standard InChI is InChI=1S/C7H6N2O2.Na/c1-4-2-6(10)9-7(11)5(4)3-8;/h2H,1H3,(H2,9,10,11);. The molecule has 57 valence electrons. The average molecular weight is 173 g/mol. The van der Waals surface area contributed by atoms with E-state index in [0.717, 1.165) is 0 Å². The zero-order valence-corrected chi connectivity index (χ0v) is 8.88. The molecule has 0 aliphatic heterocycles. The van der Waals surface area contributed by atoms with E-state index in [1.54, 1.807) is 13.0 Å². The molecule has 4 nitrogen and oxygen atoms in total. The van der Waals surface area contributed by atoms with Crippen LogP contribution in [-0.2, 0) is 0 Å². The normalized spacial score (nSPS) is 8.33. The van der Waals surface area contributed by atoms with Gasteiger partial charge in [0.15, 0.2) is 0 Å². The quantitative estimate of drug-likeness (QED) is 0.537. The number of aromatic amines is 1. The fourth-order valence-electron chi connectivity index (χ4n) is 0.812. The molecule has 0 atom stereocenters. The molecule has 2 N–H and O–H groups in total. The second-order valence-corrected chi connectivity index (χ2v) is 2.15. The molecular weight excluding hydrogens is 167 g/mol. The summed E-state index contributed by atoms with van der Waals surface area (Å²) in [6, 6.07) is 3.03. The molecule has 0 unspecified atom stereocenters. The van der Waals surface area contributed by atoms with Crippen molar-refractivity contribution in [1.29, 1.82) is 5.26 Å². The fraction of sp³-hybridized carbons (Fsp3) is 0.143. The molecule has 12 heavy (non-hydrogen) atoms. The number of H-pyrrole nitrogens is 1. The largest absolute Gasteiger partial charge is 0.494 e. The SMILES string of the molecule is Cc1cc(=O)[nH]c(O)c1C#N.[Na]. The molecule has 1 radical (unpaired) electrons. The first-order valence-corrected chi connectivity index (χ1v) is 2.98. The summed E-state index contributed by atoms with van der Waals surface area (Å²) in [6.45, 7) is 1.59. The molecule has 0 fully saturated rings. The van der Waals surface area contributed by atoms with Crippen LogP contribution in [0.15, 0.2) is 10.9 Å². The summed E-state index contributed by atoms with van der Waals surface area (Å²) in [7, 11) is 0. The van der Waals surface area contributed by atoms with Crippen molar-refractivity contribution in [2.24, 2.45) is 0 Å². The van der Waals surface area contributed by atoms with E-state index in [0.29, 0.717) is 5.56 Å². The van der Waals surface area contributed by atoms with Gasteiger partial charge in [0.1, 0.15) is 11.6 Å². The van der Waals surface area contributed by atoms with Crippen LogP contribution in [0.2, 0.25) is 0 Å². The van der Waals surface area contributed by atoms with Gasteiger partial charge in [0.25, 0.3) is 5.56 Å². The first-order chi connectivity index (χ1) is 5.15. The number of hydrogen-bond donors (Lipinski definition) is 2. The maximum Gasteiger partial charge on any atom is 0.251 e. The van der Waals surface area contributed by atoms with Crippen LogP contribution in [0, 0.1) is 18.3 Å². The summed E-state index contributed by atoms with van der Waals surface area (Å²) in [4.78, 5) is 12.8. The van der Waals surface area contributed by atoms with Crippen LogP contribution >= 0.6 is 0 Å². The van der Waals surface area contributed by atoms with Crippen LogP contribution in [0.4, 0.5) is 0 Å². The minimum absolute atomic E-state index is 0. The number of aromatic hydroxyl groups is 1. The Balaban J connectivity index is 0.00000121. The van der Waals surface area contributed by atoms with Crippen molar-refractivity contribution in [3.05, 3.63) is 27.5 Å². The van der Waals surface area contributed by atoms with Crippen LogP contribution in [-0.4, -0.2) is 39.6 Å². The molecule has 5 heteroatoms. The monoisotopic (exact) mass is 173 g/mol. The van der Waals surface area contributed by atoms with E-state index in [9.17, 15) is 4.79 Å². The number of pyridine rings is 1. The number of aryl methyl sites for hydroxylation is 1. The summed E-state index contributed by atoms with van der Waals surface area (Å²) in [5.74, 6) is -0.363. The minimum atomic E-state index is -0.404. The molecule has 0 saturated carbocycles. The third-order valence-electron chi connectivity index (χ3n) is 1.33. The third kappa shape index (κ3) is 2.11. The molecule has 0 saturated heterocycles. The molecule has 0 aliphatic carbocycles. The van der Waals surface area contributed by atoms with Crippen molar-refractivity contribution < 1.29 is 5.11 Å². The molecular formula is C7H6N2NaO2. The van der Waals surface area contributed by atoms with Crippen LogP contribution in [0.1, 0.15) is 11.1 Å². The van der Waals surface area contributed by atoms with Crippen molar-refractivity contribution in [1.82, 2.24) is 4.98 Å². The van der Waals surface area contributed by atoms with Crippen LogP contribution in [0.25, 0.3) is 0 Å². The maximum atomic E-state index is 10.7. The Morgan fingerprint density at radius 1 is 1.67 bits per heavy atom. The first kappa shape index (κ1) is 11.2.